The van der Waals surface area contributed by atoms with E-state index in [2.05, 4.69) is 24.5 Å². The van der Waals surface area contributed by atoms with Gasteiger partial charge in [0.1, 0.15) is 11.8 Å². The molecule has 1 aliphatic heterocycles. The number of amides is 1. The van der Waals surface area contributed by atoms with Crippen molar-refractivity contribution in [2.24, 2.45) is 10.9 Å². The van der Waals surface area contributed by atoms with Gasteiger partial charge in [0.05, 0.1) is 12.7 Å². The van der Waals surface area contributed by atoms with Gasteiger partial charge in [-0.05, 0) is 49.1 Å². The monoisotopic (exact) mass is 423 g/mol. The average Bonchev–Trinajstić information content (AvgIpc) is 2.72. The second kappa shape index (κ2) is 9.85. The maximum atomic E-state index is 13.2. The minimum Gasteiger partial charge on any atom is -0.496 e. The fourth-order valence-corrected chi connectivity index (χ4v) is 4.12. The van der Waals surface area contributed by atoms with Crippen molar-refractivity contribution in [3.05, 3.63) is 70.9 Å². The summed E-state index contributed by atoms with van der Waals surface area (Å²) in [6.07, 6.45) is 0. The van der Waals surface area contributed by atoms with Crippen LogP contribution in [0.15, 0.2) is 64.8 Å². The zero-order valence-electron chi connectivity index (χ0n) is 18.2. The van der Waals surface area contributed by atoms with E-state index in [1.807, 2.05) is 62.4 Å². The zero-order valence-corrected chi connectivity index (χ0v) is 19.0. The third kappa shape index (κ3) is 5.25. The molecule has 0 fully saturated rings. The lowest BCUT2D eigenvalue weighted by atomic mass is 9.94. The molecule has 0 saturated heterocycles. The molecule has 0 aliphatic carbocycles. The van der Waals surface area contributed by atoms with Crippen LogP contribution in [0.2, 0.25) is 0 Å². The SMILES string of the molecule is COc1cc([C@H]2N=C(SCC(C)C)NC(C)=C2C(=O)Nc2ccccc2)ccc1C. The van der Waals surface area contributed by atoms with E-state index in [9.17, 15) is 4.79 Å². The third-order valence-corrected chi connectivity index (χ3v) is 6.11. The summed E-state index contributed by atoms with van der Waals surface area (Å²) in [5.41, 5.74) is 4.16. The van der Waals surface area contributed by atoms with Gasteiger partial charge < -0.3 is 15.4 Å². The number of anilines is 1. The van der Waals surface area contributed by atoms with Gasteiger partial charge in [0.2, 0.25) is 0 Å². The van der Waals surface area contributed by atoms with Gasteiger partial charge in [-0.25, -0.2) is 4.99 Å². The van der Waals surface area contributed by atoms with Gasteiger partial charge in [-0.3, -0.25) is 4.79 Å². The summed E-state index contributed by atoms with van der Waals surface area (Å²) >= 11 is 1.68. The Kier molecular flexibility index (Phi) is 7.21. The number of carbonyl (C=O) groups excluding carboxylic acids is 1. The molecule has 158 valence electrons. The van der Waals surface area contributed by atoms with E-state index in [0.717, 1.165) is 39.2 Å². The topological polar surface area (TPSA) is 62.7 Å². The number of amidine groups is 1. The number of nitrogens with one attached hydrogen (secondary N) is 2. The molecule has 2 aromatic carbocycles. The largest absolute Gasteiger partial charge is 0.496 e. The number of carbonyl (C=O) groups is 1. The minimum absolute atomic E-state index is 0.160. The van der Waals surface area contributed by atoms with Crippen LogP contribution in [-0.2, 0) is 4.79 Å². The Balaban J connectivity index is 1.98. The molecular weight excluding hydrogens is 394 g/mol. The van der Waals surface area contributed by atoms with E-state index in [4.69, 9.17) is 9.73 Å². The third-order valence-electron chi connectivity index (χ3n) is 4.80. The molecule has 0 radical (unpaired) electrons. The molecule has 30 heavy (non-hydrogen) atoms. The van der Waals surface area contributed by atoms with Crippen LogP contribution < -0.4 is 15.4 Å². The van der Waals surface area contributed by atoms with Crippen molar-refractivity contribution in [3.8, 4) is 5.75 Å². The molecule has 1 atom stereocenters. The fraction of sp³-hybridized carbons (Fsp3) is 0.333. The molecule has 0 saturated carbocycles. The second-order valence-electron chi connectivity index (χ2n) is 7.75. The Morgan fingerprint density at radius 2 is 1.93 bits per heavy atom. The van der Waals surface area contributed by atoms with Crippen molar-refractivity contribution < 1.29 is 9.53 Å². The fourth-order valence-electron chi connectivity index (χ4n) is 3.23. The molecular formula is C24H29N3O2S. The van der Waals surface area contributed by atoms with E-state index in [-0.39, 0.29) is 5.91 Å². The van der Waals surface area contributed by atoms with Gasteiger partial charge in [-0.2, -0.15) is 0 Å². The summed E-state index contributed by atoms with van der Waals surface area (Å²) in [5.74, 6) is 2.13. The van der Waals surface area contributed by atoms with Crippen molar-refractivity contribution in [1.29, 1.82) is 0 Å². The van der Waals surface area contributed by atoms with E-state index >= 15 is 0 Å². The molecule has 1 heterocycles. The highest BCUT2D eigenvalue weighted by molar-refractivity contribution is 8.13. The predicted molar refractivity (Wildman–Crippen MR) is 126 cm³/mol. The Morgan fingerprint density at radius 3 is 2.60 bits per heavy atom. The maximum Gasteiger partial charge on any atom is 0.255 e. The van der Waals surface area contributed by atoms with Crippen molar-refractivity contribution in [1.82, 2.24) is 5.32 Å². The van der Waals surface area contributed by atoms with Crippen LogP contribution in [0, 0.1) is 12.8 Å². The van der Waals surface area contributed by atoms with Gasteiger partial charge in [0.15, 0.2) is 5.17 Å². The van der Waals surface area contributed by atoms with E-state index in [1.165, 1.54) is 0 Å². The minimum atomic E-state index is -0.404. The molecule has 6 heteroatoms. The van der Waals surface area contributed by atoms with Gasteiger partial charge in [0, 0.05) is 17.1 Å². The maximum absolute atomic E-state index is 13.2. The molecule has 0 unspecified atom stereocenters. The van der Waals surface area contributed by atoms with Crippen molar-refractivity contribution in [2.75, 3.05) is 18.2 Å². The number of aliphatic imine (C=N–C) groups is 1. The number of allylic oxidation sites excluding steroid dienone is 1. The normalized spacial score (nSPS) is 16.2. The van der Waals surface area contributed by atoms with Crippen LogP contribution in [0.3, 0.4) is 0 Å². The molecule has 0 bridgehead atoms. The summed E-state index contributed by atoms with van der Waals surface area (Å²) in [7, 11) is 1.66. The standard InChI is InChI=1S/C24H29N3O2S/c1-15(2)14-30-24-25-17(4)21(23(28)26-19-9-7-6-8-10-19)22(27-24)18-12-11-16(3)20(13-18)29-5/h6-13,15,22H,14H2,1-5H3,(H,25,27)(H,26,28)/t22-/m1/s1. The Labute approximate surface area is 183 Å². The van der Waals surface area contributed by atoms with Gasteiger partial charge in [-0.15, -0.1) is 0 Å². The first-order valence-electron chi connectivity index (χ1n) is 10.1. The molecule has 2 aromatic rings. The van der Waals surface area contributed by atoms with Crippen LogP contribution in [-0.4, -0.2) is 23.9 Å². The lowest BCUT2D eigenvalue weighted by Gasteiger charge is -2.27. The smallest absolute Gasteiger partial charge is 0.255 e. The number of rotatable bonds is 6. The van der Waals surface area contributed by atoms with Crippen molar-refractivity contribution in [2.45, 2.75) is 33.7 Å². The number of hydrogen-bond acceptors (Lipinski definition) is 5. The Morgan fingerprint density at radius 1 is 1.20 bits per heavy atom. The van der Waals surface area contributed by atoms with Crippen LogP contribution in [0.25, 0.3) is 0 Å². The van der Waals surface area contributed by atoms with Gasteiger partial charge in [0.25, 0.3) is 5.91 Å². The zero-order chi connectivity index (χ0) is 21.7. The summed E-state index contributed by atoms with van der Waals surface area (Å²) < 4.78 is 5.51. The first kappa shape index (κ1) is 22.0. The number of hydrogen-bond donors (Lipinski definition) is 2. The number of aryl methyl sites for hydroxylation is 1. The van der Waals surface area contributed by atoms with Gasteiger partial charge >= 0.3 is 0 Å². The number of thioether (sulfide) groups is 1. The Hall–Kier alpha value is -2.73. The van der Waals surface area contributed by atoms with Crippen molar-refractivity contribution in [3.63, 3.8) is 0 Å². The quantitative estimate of drug-likeness (QED) is 0.661. The number of para-hydroxylation sites is 1. The van der Waals surface area contributed by atoms with Crippen LogP contribution in [0.4, 0.5) is 5.69 Å². The van der Waals surface area contributed by atoms with E-state index in [0.29, 0.717) is 11.5 Å². The van der Waals surface area contributed by atoms with Crippen LogP contribution in [0.1, 0.15) is 37.9 Å². The van der Waals surface area contributed by atoms with E-state index < -0.39 is 6.04 Å². The molecule has 0 spiro atoms. The molecule has 5 nitrogen and oxygen atoms in total. The number of ether oxygens (including phenoxy) is 1. The highest BCUT2D eigenvalue weighted by atomic mass is 32.2. The molecule has 1 amide bonds. The number of benzene rings is 2. The number of nitrogens with zero attached hydrogens (tertiary/aromatic N) is 1. The number of methoxy groups -OCH3 is 1. The van der Waals surface area contributed by atoms with Crippen LogP contribution >= 0.6 is 11.8 Å². The summed E-state index contributed by atoms with van der Waals surface area (Å²) in [6.45, 7) is 8.30. The lowest BCUT2D eigenvalue weighted by Crippen LogP contribution is -2.32. The van der Waals surface area contributed by atoms with Gasteiger partial charge in [-0.1, -0.05) is 55.9 Å². The molecule has 2 N–H and O–H groups in total. The van der Waals surface area contributed by atoms with Crippen LogP contribution in [0.5, 0.6) is 5.75 Å². The molecule has 0 aromatic heterocycles. The first-order chi connectivity index (χ1) is 14.4. The van der Waals surface area contributed by atoms with E-state index in [1.54, 1.807) is 18.9 Å². The summed E-state index contributed by atoms with van der Waals surface area (Å²) in [4.78, 5) is 18.2. The summed E-state index contributed by atoms with van der Waals surface area (Å²) in [5, 5.41) is 7.17. The highest BCUT2D eigenvalue weighted by Gasteiger charge is 2.30. The lowest BCUT2D eigenvalue weighted by molar-refractivity contribution is -0.113. The highest BCUT2D eigenvalue weighted by Crippen LogP contribution is 2.35. The molecule has 1 aliphatic rings. The Bertz CT molecular complexity index is 968. The van der Waals surface area contributed by atoms with Crippen molar-refractivity contribution >= 4 is 28.5 Å². The summed E-state index contributed by atoms with van der Waals surface area (Å²) in [6, 6.07) is 15.1. The second-order valence-corrected chi connectivity index (χ2v) is 8.76. The average molecular weight is 424 g/mol. The first-order valence-corrected chi connectivity index (χ1v) is 11.1. The predicted octanol–water partition coefficient (Wildman–Crippen LogP) is 5.31. The molecule has 3 rings (SSSR count).